The third-order valence-corrected chi connectivity index (χ3v) is 5.20. The molecule has 3 heterocycles. The van der Waals surface area contributed by atoms with E-state index in [0.29, 0.717) is 31.3 Å². The Kier molecular flexibility index (Phi) is 8.85. The average molecular weight is 474 g/mol. The topological polar surface area (TPSA) is 100 Å². The van der Waals surface area contributed by atoms with E-state index >= 15 is 0 Å². The number of unbranched alkanes of at least 4 members (excludes halogenated alkanes) is 1. The number of aromatic nitrogens is 5. The van der Waals surface area contributed by atoms with Gasteiger partial charge in [0.05, 0.1) is 0 Å². The Hall–Kier alpha value is -2.40. The number of nitrogens with zero attached hydrogens (tertiary/aromatic N) is 6. The first-order valence-electron chi connectivity index (χ1n) is 10.4. The number of rotatable bonds is 7. The molecule has 0 unspecified atom stereocenters. The summed E-state index contributed by atoms with van der Waals surface area (Å²) in [7, 11) is 0. The number of aromatic amines is 1. The highest BCUT2D eigenvalue weighted by molar-refractivity contribution is 5.85. The van der Waals surface area contributed by atoms with E-state index in [2.05, 4.69) is 25.0 Å². The van der Waals surface area contributed by atoms with Crippen molar-refractivity contribution in [3.05, 3.63) is 44.6 Å². The molecule has 0 saturated carbocycles. The molecule has 178 valence electrons. The minimum Gasteiger partial charge on any atom is -0.354 e. The fourth-order valence-corrected chi connectivity index (χ4v) is 3.40. The van der Waals surface area contributed by atoms with Crippen LogP contribution in [0.5, 0.6) is 0 Å². The van der Waals surface area contributed by atoms with E-state index in [9.17, 15) is 18.4 Å². The van der Waals surface area contributed by atoms with E-state index in [1.165, 1.54) is 10.7 Å². The maximum atomic E-state index is 13.3. The van der Waals surface area contributed by atoms with Crippen LogP contribution in [0.1, 0.15) is 51.6 Å². The van der Waals surface area contributed by atoms with Crippen molar-refractivity contribution in [2.24, 2.45) is 0 Å². The van der Waals surface area contributed by atoms with Crippen molar-refractivity contribution in [2.45, 2.75) is 52.0 Å². The Labute approximate surface area is 191 Å². The summed E-state index contributed by atoms with van der Waals surface area (Å²) >= 11 is 0. The van der Waals surface area contributed by atoms with Crippen LogP contribution in [0, 0.1) is 0 Å². The molecule has 2 aromatic heterocycles. The molecule has 2 aromatic rings. The van der Waals surface area contributed by atoms with E-state index in [1.54, 1.807) is 0 Å². The summed E-state index contributed by atoms with van der Waals surface area (Å²) < 4.78 is 27.9. The van der Waals surface area contributed by atoms with Gasteiger partial charge in [0.25, 0.3) is 12.0 Å². The van der Waals surface area contributed by atoms with Gasteiger partial charge in [-0.15, -0.1) is 12.4 Å². The summed E-state index contributed by atoms with van der Waals surface area (Å²) in [4.78, 5) is 37.8. The first-order valence-corrected chi connectivity index (χ1v) is 10.4. The Morgan fingerprint density at radius 1 is 1.06 bits per heavy atom. The molecule has 1 aliphatic heterocycles. The maximum absolute atomic E-state index is 13.3. The zero-order valence-electron chi connectivity index (χ0n) is 18.6. The Morgan fingerprint density at radius 2 is 1.72 bits per heavy atom. The fourth-order valence-electron chi connectivity index (χ4n) is 3.40. The zero-order chi connectivity index (χ0) is 22.6. The molecule has 1 saturated heterocycles. The summed E-state index contributed by atoms with van der Waals surface area (Å²) in [6.45, 7) is 10.1. The Morgan fingerprint density at radius 3 is 2.31 bits per heavy atom. The average Bonchev–Trinajstić information content (AvgIpc) is 2.72. The van der Waals surface area contributed by atoms with Gasteiger partial charge in [0.1, 0.15) is 23.5 Å². The van der Waals surface area contributed by atoms with E-state index in [-0.39, 0.29) is 18.1 Å². The molecule has 1 aliphatic rings. The van der Waals surface area contributed by atoms with Gasteiger partial charge in [-0.1, -0.05) is 20.8 Å². The third kappa shape index (κ3) is 6.80. The van der Waals surface area contributed by atoms with E-state index < -0.39 is 23.1 Å². The number of halogens is 3. The third-order valence-electron chi connectivity index (χ3n) is 5.20. The first-order chi connectivity index (χ1) is 14.6. The lowest BCUT2D eigenvalue weighted by atomic mass is 9.95. The summed E-state index contributed by atoms with van der Waals surface area (Å²) in [5.41, 5.74) is -1.64. The normalized spacial score (nSPS) is 15.1. The summed E-state index contributed by atoms with van der Waals surface area (Å²) in [6.07, 6.45) is 0.106. The second-order valence-electron chi connectivity index (χ2n) is 8.72. The number of alkyl halides is 2. The van der Waals surface area contributed by atoms with Crippen LogP contribution in [0.15, 0.2) is 21.9 Å². The summed E-state index contributed by atoms with van der Waals surface area (Å²) in [5.74, 6) is 0.979. The summed E-state index contributed by atoms with van der Waals surface area (Å²) in [5, 5.41) is 3.82. The molecule has 12 heteroatoms. The van der Waals surface area contributed by atoms with Crippen molar-refractivity contribution >= 4 is 18.2 Å². The maximum Gasteiger partial charge on any atom is 0.344 e. The zero-order valence-corrected chi connectivity index (χ0v) is 19.4. The molecule has 9 nitrogen and oxygen atoms in total. The van der Waals surface area contributed by atoms with Crippen LogP contribution in [-0.4, -0.2) is 62.4 Å². The molecule has 0 aliphatic carbocycles. The predicted octanol–water partition coefficient (Wildman–Crippen LogP) is 1.98. The van der Waals surface area contributed by atoms with Crippen LogP contribution in [-0.2, 0) is 12.0 Å². The number of hydrogen-bond donors (Lipinski definition) is 1. The van der Waals surface area contributed by atoms with Gasteiger partial charge in [-0.05, 0) is 19.4 Å². The van der Waals surface area contributed by atoms with Gasteiger partial charge in [-0.25, -0.2) is 28.2 Å². The minimum absolute atomic E-state index is 0. The van der Waals surface area contributed by atoms with Gasteiger partial charge in [-0.2, -0.15) is 5.10 Å². The van der Waals surface area contributed by atoms with Crippen molar-refractivity contribution in [3.8, 4) is 0 Å². The smallest absolute Gasteiger partial charge is 0.344 e. The Balaban J connectivity index is 0.00000363. The minimum atomic E-state index is -2.63. The molecule has 32 heavy (non-hydrogen) atoms. The van der Waals surface area contributed by atoms with Crippen LogP contribution in [0.25, 0.3) is 0 Å². The molecule has 0 bridgehead atoms. The SMILES string of the molecule is CC(C)(C)c1nc(C(F)F)cc(N2CCN(CCCCn3ncc(=O)[nH]c3=O)CC2)n1.Cl. The Bertz CT molecular complexity index is 998. The molecular weight excluding hydrogens is 444 g/mol. The van der Waals surface area contributed by atoms with Gasteiger partial charge < -0.3 is 4.90 Å². The lowest BCUT2D eigenvalue weighted by Gasteiger charge is -2.36. The van der Waals surface area contributed by atoms with Crippen molar-refractivity contribution in [1.82, 2.24) is 29.6 Å². The van der Waals surface area contributed by atoms with Crippen LogP contribution < -0.4 is 16.1 Å². The monoisotopic (exact) mass is 473 g/mol. The molecule has 0 aromatic carbocycles. The van der Waals surface area contributed by atoms with Gasteiger partial charge >= 0.3 is 5.69 Å². The van der Waals surface area contributed by atoms with Crippen LogP contribution in [0.2, 0.25) is 0 Å². The second kappa shape index (κ2) is 11.0. The highest BCUT2D eigenvalue weighted by atomic mass is 35.5. The number of H-pyrrole nitrogens is 1. The van der Waals surface area contributed by atoms with E-state index in [0.717, 1.165) is 38.7 Å². The number of nitrogens with one attached hydrogen (secondary N) is 1. The molecular formula is C20H30ClF2N7O2. The molecule has 1 fully saturated rings. The number of aryl methyl sites for hydroxylation is 1. The lowest BCUT2D eigenvalue weighted by molar-refractivity contribution is 0.145. The second-order valence-corrected chi connectivity index (χ2v) is 8.72. The largest absolute Gasteiger partial charge is 0.354 e. The fraction of sp³-hybridized carbons (Fsp3) is 0.650. The number of piperazine rings is 1. The molecule has 0 spiro atoms. The lowest BCUT2D eigenvalue weighted by Crippen LogP contribution is -2.47. The highest BCUT2D eigenvalue weighted by Crippen LogP contribution is 2.27. The number of hydrogen-bond acceptors (Lipinski definition) is 7. The van der Waals surface area contributed by atoms with Gasteiger partial charge in [-0.3, -0.25) is 14.7 Å². The van der Waals surface area contributed by atoms with Gasteiger partial charge in [0.2, 0.25) is 0 Å². The van der Waals surface area contributed by atoms with Crippen LogP contribution in [0.3, 0.4) is 0 Å². The van der Waals surface area contributed by atoms with Crippen molar-refractivity contribution in [3.63, 3.8) is 0 Å². The standard InChI is InChI=1S/C20H29F2N7O2.ClH/c1-20(2,3)18-24-14(17(21)22)12-15(25-18)28-10-8-27(9-11-28)6-4-5-7-29-19(31)26-16(30)13-23-29;/h12-13,17H,4-11H2,1-3H3,(H,26,30,31);1H. The van der Waals surface area contributed by atoms with E-state index in [1.807, 2.05) is 25.7 Å². The number of anilines is 1. The van der Waals surface area contributed by atoms with Crippen LogP contribution in [0.4, 0.5) is 14.6 Å². The quantitative estimate of drug-likeness (QED) is 0.614. The van der Waals surface area contributed by atoms with Crippen molar-refractivity contribution in [2.75, 3.05) is 37.6 Å². The van der Waals surface area contributed by atoms with Crippen LogP contribution >= 0.6 is 12.4 Å². The van der Waals surface area contributed by atoms with Crippen molar-refractivity contribution < 1.29 is 8.78 Å². The summed E-state index contributed by atoms with van der Waals surface area (Å²) in [6, 6.07) is 1.39. The molecule has 0 radical (unpaired) electrons. The van der Waals surface area contributed by atoms with Gasteiger partial charge in [0.15, 0.2) is 0 Å². The molecule has 0 amide bonds. The molecule has 1 N–H and O–H groups in total. The van der Waals surface area contributed by atoms with Crippen molar-refractivity contribution in [1.29, 1.82) is 0 Å². The highest BCUT2D eigenvalue weighted by Gasteiger charge is 2.25. The molecule has 3 rings (SSSR count). The van der Waals surface area contributed by atoms with Gasteiger partial charge in [0, 0.05) is 44.2 Å². The molecule has 0 atom stereocenters. The first kappa shape index (κ1) is 25.9. The predicted molar refractivity (Wildman–Crippen MR) is 120 cm³/mol. The van der Waals surface area contributed by atoms with E-state index in [4.69, 9.17) is 0 Å².